The Bertz CT molecular complexity index is 309. The third-order valence-corrected chi connectivity index (χ3v) is 2.90. The Kier molecular flexibility index (Phi) is 3.83. The summed E-state index contributed by atoms with van der Waals surface area (Å²) in [5.41, 5.74) is 5.26. The second kappa shape index (κ2) is 4.76. The van der Waals surface area contributed by atoms with Gasteiger partial charge in [0, 0.05) is 18.2 Å². The summed E-state index contributed by atoms with van der Waals surface area (Å²) in [4.78, 5) is 17.3. The highest BCUT2D eigenvalue weighted by molar-refractivity contribution is 8.13. The summed E-state index contributed by atoms with van der Waals surface area (Å²) in [6, 6.07) is 0. The van der Waals surface area contributed by atoms with E-state index in [0.29, 0.717) is 0 Å². The van der Waals surface area contributed by atoms with Crippen LogP contribution in [-0.2, 0) is 4.84 Å². The van der Waals surface area contributed by atoms with Crippen LogP contribution < -0.4 is 5.73 Å². The van der Waals surface area contributed by atoms with Gasteiger partial charge < -0.3 is 10.6 Å². The zero-order valence-electron chi connectivity index (χ0n) is 7.81. The van der Waals surface area contributed by atoms with Crippen molar-refractivity contribution in [3.05, 3.63) is 10.1 Å². The maximum Gasteiger partial charge on any atom is 0.415 e. The number of nitrogens with two attached hydrogens (primary N) is 1. The maximum atomic E-state index is 12.4. The summed E-state index contributed by atoms with van der Waals surface area (Å²) >= 11 is 0.923. The summed E-state index contributed by atoms with van der Waals surface area (Å²) in [6.07, 6.45) is -7.24. The van der Waals surface area contributed by atoms with E-state index in [1.165, 1.54) is 0 Å². The van der Waals surface area contributed by atoms with Crippen LogP contribution in [0.3, 0.4) is 0 Å². The van der Waals surface area contributed by atoms with Gasteiger partial charge in [-0.05, 0) is 0 Å². The Morgan fingerprint density at radius 1 is 1.69 bits per heavy atom. The molecule has 10 heteroatoms. The minimum absolute atomic E-state index is 0.00660. The number of alkyl halides is 3. The van der Waals surface area contributed by atoms with E-state index in [4.69, 9.17) is 5.73 Å². The van der Waals surface area contributed by atoms with Crippen molar-refractivity contribution in [3.8, 4) is 0 Å². The minimum atomic E-state index is -4.79. The molecule has 0 fully saturated rings. The molecule has 0 aliphatic carbocycles. The highest BCUT2D eigenvalue weighted by atomic mass is 32.2. The molecule has 2 atom stereocenters. The molecule has 92 valence electrons. The molecule has 0 unspecified atom stereocenters. The van der Waals surface area contributed by atoms with Gasteiger partial charge in [-0.3, -0.25) is 4.99 Å². The lowest BCUT2D eigenvalue weighted by Crippen LogP contribution is -2.44. The Balaban J connectivity index is 2.74. The number of hydrogen-bond donors (Lipinski definition) is 1. The number of aliphatic imine (C=N–C) groups is 1. The number of halogens is 3. The fourth-order valence-corrected chi connectivity index (χ4v) is 2.02. The van der Waals surface area contributed by atoms with Crippen LogP contribution in [0.1, 0.15) is 0 Å². The molecule has 1 rings (SSSR count). The zero-order chi connectivity index (χ0) is 12.3. The summed E-state index contributed by atoms with van der Waals surface area (Å²) < 4.78 is 37.3. The van der Waals surface area contributed by atoms with Gasteiger partial charge in [-0.2, -0.15) is 13.2 Å². The molecular formula is C6H8F3N3O3S. The molecular weight excluding hydrogens is 251 g/mol. The quantitative estimate of drug-likeness (QED) is 0.598. The topological polar surface area (TPSA) is 90.8 Å². The lowest BCUT2D eigenvalue weighted by molar-refractivity contribution is -0.777. The van der Waals surface area contributed by atoms with Crippen LogP contribution in [0, 0.1) is 16.0 Å². The minimum Gasteiger partial charge on any atom is -0.379 e. The molecule has 0 saturated heterocycles. The highest BCUT2D eigenvalue weighted by Gasteiger charge is 2.48. The monoisotopic (exact) mass is 259 g/mol. The van der Waals surface area contributed by atoms with E-state index in [1.54, 1.807) is 0 Å². The average molecular weight is 259 g/mol. The second-order valence-corrected chi connectivity index (χ2v) is 4.08. The van der Waals surface area contributed by atoms with Crippen molar-refractivity contribution in [2.24, 2.45) is 16.6 Å². The van der Waals surface area contributed by atoms with Crippen molar-refractivity contribution in [1.82, 2.24) is 0 Å². The van der Waals surface area contributed by atoms with Gasteiger partial charge in [0.25, 0.3) is 5.09 Å². The lowest BCUT2D eigenvalue weighted by atomic mass is 10.0. The number of thioether (sulfide) groups is 1. The van der Waals surface area contributed by atoms with Crippen molar-refractivity contribution in [3.63, 3.8) is 0 Å². The van der Waals surface area contributed by atoms with Gasteiger partial charge in [0.1, 0.15) is 0 Å². The first kappa shape index (κ1) is 12.9. The summed E-state index contributed by atoms with van der Waals surface area (Å²) in [5.74, 6) is -1.10. The predicted octanol–water partition coefficient (Wildman–Crippen LogP) is 0.803. The van der Waals surface area contributed by atoms with Crippen LogP contribution in [-0.4, -0.2) is 34.8 Å². The van der Waals surface area contributed by atoms with Gasteiger partial charge in [0.2, 0.25) is 6.10 Å². The highest BCUT2D eigenvalue weighted by Crippen LogP contribution is 2.32. The van der Waals surface area contributed by atoms with E-state index in [0.717, 1.165) is 11.8 Å². The predicted molar refractivity (Wildman–Crippen MR) is 50.4 cm³/mol. The molecule has 0 spiro atoms. The molecule has 0 aromatic rings. The molecule has 16 heavy (non-hydrogen) atoms. The Labute approximate surface area is 92.1 Å². The smallest absolute Gasteiger partial charge is 0.379 e. The van der Waals surface area contributed by atoms with Crippen LogP contribution >= 0.6 is 11.8 Å². The normalized spacial score (nSPS) is 23.4. The summed E-state index contributed by atoms with van der Waals surface area (Å²) in [6.45, 7) is -0.225. The van der Waals surface area contributed by atoms with Crippen molar-refractivity contribution >= 4 is 16.9 Å². The van der Waals surface area contributed by atoms with Gasteiger partial charge >= 0.3 is 6.18 Å². The molecule has 0 bridgehead atoms. The standard InChI is InChI=1S/C6H8F3N3O3S/c7-6(8,9)4(15-12(13)14)3-1-11-5(10)16-2-3/h3-4H,1-2H2,(H2,10,11)/t3-,4+/m1/s1. The second-order valence-electron chi connectivity index (χ2n) is 3.04. The van der Waals surface area contributed by atoms with E-state index < -0.39 is 23.3 Å². The Morgan fingerprint density at radius 3 is 2.69 bits per heavy atom. The third kappa shape index (κ3) is 3.43. The van der Waals surface area contributed by atoms with Crippen LogP contribution in [0.4, 0.5) is 13.2 Å². The number of hydrogen-bond acceptors (Lipinski definition) is 6. The largest absolute Gasteiger partial charge is 0.415 e. The summed E-state index contributed by atoms with van der Waals surface area (Å²) in [7, 11) is 0. The van der Waals surface area contributed by atoms with Gasteiger partial charge in [-0.15, -0.1) is 10.1 Å². The Morgan fingerprint density at radius 2 is 2.31 bits per heavy atom. The molecule has 0 aromatic carbocycles. The number of rotatable bonds is 3. The molecule has 1 aliphatic heterocycles. The fraction of sp³-hybridized carbons (Fsp3) is 0.833. The molecule has 0 aromatic heterocycles. The first-order valence-corrected chi connectivity index (χ1v) is 5.10. The van der Waals surface area contributed by atoms with E-state index in [9.17, 15) is 23.3 Å². The molecule has 0 saturated carbocycles. The molecule has 1 heterocycles. The van der Waals surface area contributed by atoms with Crippen LogP contribution in [0.25, 0.3) is 0 Å². The van der Waals surface area contributed by atoms with Crippen LogP contribution in [0.15, 0.2) is 4.99 Å². The van der Waals surface area contributed by atoms with Gasteiger partial charge in [0.05, 0.1) is 0 Å². The maximum absolute atomic E-state index is 12.4. The molecule has 1 aliphatic rings. The zero-order valence-corrected chi connectivity index (χ0v) is 8.62. The summed E-state index contributed by atoms with van der Waals surface area (Å²) in [5, 5.41) is 8.72. The Hall–Kier alpha value is -1.19. The van der Waals surface area contributed by atoms with Gasteiger partial charge in [-0.25, -0.2) is 0 Å². The SMILES string of the molecule is NC1=NC[C@@H]([C@H](O[N+](=O)[O-])C(F)(F)F)CS1. The first-order valence-electron chi connectivity index (χ1n) is 4.11. The fourth-order valence-electron chi connectivity index (χ4n) is 1.19. The third-order valence-electron chi connectivity index (χ3n) is 1.88. The van der Waals surface area contributed by atoms with Crippen molar-refractivity contribution < 1.29 is 23.1 Å². The number of amidine groups is 1. The number of nitrogens with zero attached hydrogens (tertiary/aromatic N) is 2. The van der Waals surface area contributed by atoms with E-state index in [2.05, 4.69) is 9.83 Å². The lowest BCUT2D eigenvalue weighted by Gasteiger charge is -2.27. The van der Waals surface area contributed by atoms with Gasteiger partial charge in [-0.1, -0.05) is 11.8 Å². The van der Waals surface area contributed by atoms with E-state index in [1.807, 2.05) is 0 Å². The van der Waals surface area contributed by atoms with Crippen molar-refractivity contribution in [1.29, 1.82) is 0 Å². The van der Waals surface area contributed by atoms with Crippen molar-refractivity contribution in [2.75, 3.05) is 12.3 Å². The van der Waals surface area contributed by atoms with Gasteiger partial charge in [0.15, 0.2) is 5.17 Å². The van der Waals surface area contributed by atoms with E-state index >= 15 is 0 Å². The van der Waals surface area contributed by atoms with E-state index in [-0.39, 0.29) is 17.5 Å². The molecule has 6 nitrogen and oxygen atoms in total. The molecule has 2 N–H and O–H groups in total. The average Bonchev–Trinajstić information content (AvgIpc) is 2.14. The van der Waals surface area contributed by atoms with Crippen LogP contribution in [0.2, 0.25) is 0 Å². The molecule has 0 radical (unpaired) electrons. The first-order chi connectivity index (χ1) is 7.30. The van der Waals surface area contributed by atoms with Crippen LogP contribution in [0.5, 0.6) is 0 Å². The molecule has 0 amide bonds. The van der Waals surface area contributed by atoms with Crippen molar-refractivity contribution in [2.45, 2.75) is 12.3 Å².